The molecule has 0 aromatic rings. The summed E-state index contributed by atoms with van der Waals surface area (Å²) in [5.74, 6) is -2.17. The van der Waals surface area contributed by atoms with Crippen molar-refractivity contribution >= 4 is 11.9 Å². The van der Waals surface area contributed by atoms with Gasteiger partial charge in [-0.3, -0.25) is 0 Å². The Bertz CT molecular complexity index is 74.9. The van der Waals surface area contributed by atoms with E-state index in [4.69, 9.17) is 24.9 Å². The van der Waals surface area contributed by atoms with Crippen LogP contribution >= 0.6 is 0 Å². The van der Waals surface area contributed by atoms with Crippen LogP contribution in [0.3, 0.4) is 0 Å². The van der Waals surface area contributed by atoms with E-state index in [1.54, 1.807) is 0 Å². The zero-order chi connectivity index (χ0) is 9.15. The Balaban J connectivity index is -0.0000000133. The Hall–Kier alpha value is -0.557. The summed E-state index contributed by atoms with van der Waals surface area (Å²) in [7, 11) is 1.00. The zero-order valence-corrected chi connectivity index (χ0v) is 10.8. The molecular formula is C5H14O7Zn. The molecule has 0 aliphatic rings. The van der Waals surface area contributed by atoms with E-state index in [9.17, 15) is 0 Å². The van der Waals surface area contributed by atoms with Crippen molar-refractivity contribution in [2.45, 2.75) is 13.8 Å². The number of hydrogen-bond acceptors (Lipinski definition) is 5. The first-order chi connectivity index (χ1) is 4.46. The van der Waals surface area contributed by atoms with Crippen LogP contribution in [0.15, 0.2) is 0 Å². The van der Waals surface area contributed by atoms with Gasteiger partial charge in [-0.05, 0) is 13.8 Å². The summed E-state index contributed by atoms with van der Waals surface area (Å²) in [4.78, 5) is 17.8. The van der Waals surface area contributed by atoms with Gasteiger partial charge in [-0.1, -0.05) is 0 Å². The van der Waals surface area contributed by atoms with Gasteiger partial charge in [0.2, 0.25) is 0 Å². The van der Waals surface area contributed by atoms with Crippen molar-refractivity contribution in [1.82, 2.24) is 0 Å². The van der Waals surface area contributed by atoms with Crippen LogP contribution < -0.4 is 10.2 Å². The maximum absolute atomic E-state index is 8.89. The molecular weight excluding hydrogens is 237 g/mol. The summed E-state index contributed by atoms with van der Waals surface area (Å²) in [5, 5.41) is 24.8. The Labute approximate surface area is 88.8 Å². The molecule has 8 heteroatoms. The zero-order valence-electron chi connectivity index (χ0n) is 7.79. The second-order valence-corrected chi connectivity index (χ2v) is 0.983. The molecule has 13 heavy (non-hydrogen) atoms. The Morgan fingerprint density at radius 3 is 0.923 bits per heavy atom. The van der Waals surface area contributed by atoms with Gasteiger partial charge in [-0.15, -0.1) is 0 Å². The van der Waals surface area contributed by atoms with Crippen LogP contribution in [0, 0.1) is 0 Å². The minimum absolute atomic E-state index is 0. The number of carboxylic acids is 2. The summed E-state index contributed by atoms with van der Waals surface area (Å²) in [6.07, 6.45) is 0. The number of aliphatic hydroxyl groups excluding tert-OH is 1. The Morgan fingerprint density at radius 1 is 0.923 bits per heavy atom. The van der Waals surface area contributed by atoms with Crippen LogP contribution in [0.4, 0.5) is 0 Å². The number of carbonyl (C=O) groups excluding carboxylic acids is 2. The topological polar surface area (TPSA) is 163 Å². The number of rotatable bonds is 0. The minimum atomic E-state index is -1.08. The average Bonchev–Trinajstić information content (AvgIpc) is 1.66. The van der Waals surface area contributed by atoms with Crippen molar-refractivity contribution in [2.24, 2.45) is 0 Å². The molecule has 0 aliphatic carbocycles. The van der Waals surface area contributed by atoms with E-state index in [-0.39, 0.29) is 30.4 Å². The molecule has 0 atom stereocenters. The van der Waals surface area contributed by atoms with Gasteiger partial charge in [-0.2, -0.15) is 0 Å². The van der Waals surface area contributed by atoms with E-state index < -0.39 is 11.9 Å². The number of carboxylic acid groups (broad SMARTS) is 2. The van der Waals surface area contributed by atoms with Crippen molar-refractivity contribution in [3.8, 4) is 0 Å². The van der Waals surface area contributed by atoms with Crippen molar-refractivity contribution < 1.29 is 55.3 Å². The third-order valence-corrected chi connectivity index (χ3v) is 0. The second kappa shape index (κ2) is 42.1. The van der Waals surface area contributed by atoms with E-state index in [1.165, 1.54) is 0 Å². The van der Waals surface area contributed by atoms with E-state index in [0.717, 1.165) is 21.0 Å². The van der Waals surface area contributed by atoms with Crippen LogP contribution in [0.2, 0.25) is 0 Å². The normalized spacial score (nSPS) is 4.31. The van der Waals surface area contributed by atoms with Gasteiger partial charge in [-0.25, -0.2) is 0 Å². The number of aliphatic hydroxyl groups is 1. The summed E-state index contributed by atoms with van der Waals surface area (Å²) >= 11 is 0. The van der Waals surface area contributed by atoms with Gasteiger partial charge in [0.05, 0.1) is 0 Å². The molecule has 0 unspecified atom stereocenters. The van der Waals surface area contributed by atoms with Gasteiger partial charge in [0.1, 0.15) is 0 Å². The predicted octanol–water partition coefficient (Wildman–Crippen LogP) is -4.53. The molecule has 0 amide bonds. The molecule has 78 valence electrons. The van der Waals surface area contributed by atoms with Crippen LogP contribution in [0.1, 0.15) is 13.8 Å². The van der Waals surface area contributed by atoms with Gasteiger partial charge < -0.3 is 35.9 Å². The molecule has 0 aromatic heterocycles. The van der Waals surface area contributed by atoms with Crippen molar-refractivity contribution in [3.05, 3.63) is 0 Å². The summed E-state index contributed by atoms with van der Waals surface area (Å²) in [6.45, 7) is 1.94. The fourth-order valence-electron chi connectivity index (χ4n) is 0. The molecule has 0 heterocycles. The largest absolute Gasteiger partial charge is 2.00 e. The molecule has 0 radical (unpaired) electrons. The number of hydrogen-bond donors (Lipinski definition) is 1. The minimum Gasteiger partial charge on any atom is -0.550 e. The molecule has 0 aliphatic heterocycles. The fourth-order valence-corrected chi connectivity index (χ4v) is 0. The van der Waals surface area contributed by atoms with Crippen LogP contribution in [-0.4, -0.2) is 35.1 Å². The molecule has 0 rings (SSSR count). The Morgan fingerprint density at radius 2 is 0.923 bits per heavy atom. The molecule has 0 fully saturated rings. The summed E-state index contributed by atoms with van der Waals surface area (Å²) < 4.78 is 0. The van der Waals surface area contributed by atoms with Crippen molar-refractivity contribution in [3.63, 3.8) is 0 Å². The van der Waals surface area contributed by atoms with Crippen LogP contribution in [0.5, 0.6) is 0 Å². The first-order valence-electron chi connectivity index (χ1n) is 2.26. The molecule has 0 saturated heterocycles. The molecule has 5 N–H and O–H groups in total. The van der Waals surface area contributed by atoms with Crippen LogP contribution in [0.25, 0.3) is 0 Å². The quantitative estimate of drug-likeness (QED) is 0.428. The van der Waals surface area contributed by atoms with E-state index in [1.807, 2.05) is 0 Å². The molecule has 0 bridgehead atoms. The van der Waals surface area contributed by atoms with E-state index >= 15 is 0 Å². The van der Waals surface area contributed by atoms with E-state index in [0.29, 0.717) is 0 Å². The third kappa shape index (κ3) is 3290. The number of carbonyl (C=O) groups is 2. The van der Waals surface area contributed by atoms with Crippen molar-refractivity contribution in [1.29, 1.82) is 0 Å². The number of aliphatic carboxylic acids is 2. The standard InChI is InChI=1S/2C2H4O2.CH4O.2H2O.Zn/c2*1-2(3)4;1-2;;;/h2*1H3,(H,3,4);2H,1H3;2*1H2;/q;;;;;+2/p-2. The Kier molecular flexibility index (Phi) is 127. The van der Waals surface area contributed by atoms with Gasteiger partial charge in [0.15, 0.2) is 0 Å². The molecule has 0 saturated carbocycles. The molecule has 0 spiro atoms. The first kappa shape index (κ1) is 39.2. The van der Waals surface area contributed by atoms with Crippen LogP contribution in [-0.2, 0) is 29.1 Å². The van der Waals surface area contributed by atoms with E-state index in [2.05, 4.69) is 0 Å². The maximum atomic E-state index is 8.89. The predicted molar refractivity (Wildman–Crippen MR) is 36.7 cm³/mol. The molecule has 0 aromatic carbocycles. The third-order valence-electron chi connectivity index (χ3n) is 0. The smallest absolute Gasteiger partial charge is 0.550 e. The van der Waals surface area contributed by atoms with Gasteiger partial charge in [0, 0.05) is 19.0 Å². The van der Waals surface area contributed by atoms with Crippen molar-refractivity contribution in [2.75, 3.05) is 7.11 Å². The SMILES string of the molecule is CC(=O)[O-].CC(=O)[O-].CO.O.O.[Zn+2]. The summed E-state index contributed by atoms with van der Waals surface area (Å²) in [6, 6.07) is 0. The maximum Gasteiger partial charge on any atom is 2.00 e. The monoisotopic (exact) mass is 250 g/mol. The first-order valence-corrected chi connectivity index (χ1v) is 2.26. The fraction of sp³-hybridized carbons (Fsp3) is 0.600. The summed E-state index contributed by atoms with van der Waals surface area (Å²) in [5.41, 5.74) is 0. The second-order valence-electron chi connectivity index (χ2n) is 0.983. The average molecular weight is 252 g/mol. The molecule has 7 nitrogen and oxygen atoms in total. The van der Waals surface area contributed by atoms with Gasteiger partial charge in [0.25, 0.3) is 0 Å². The van der Waals surface area contributed by atoms with Gasteiger partial charge >= 0.3 is 19.5 Å².